The fraction of sp³-hybridized carbons (Fsp3) is 0.261. The maximum atomic E-state index is 12.6. The van der Waals surface area contributed by atoms with E-state index in [1.54, 1.807) is 19.5 Å². The molecule has 3 N–H and O–H groups in total. The number of carbonyl (C=O) groups is 1. The molecule has 10 heteroatoms. The minimum absolute atomic E-state index is 0.156. The molecule has 9 nitrogen and oxygen atoms in total. The van der Waals surface area contributed by atoms with E-state index >= 15 is 0 Å². The van der Waals surface area contributed by atoms with Gasteiger partial charge < -0.3 is 25.0 Å². The highest BCUT2D eigenvalue weighted by Gasteiger charge is 2.19. The molecule has 2 aromatic carbocycles. The van der Waals surface area contributed by atoms with Crippen molar-refractivity contribution < 1.29 is 13.7 Å². The molecule has 0 radical (unpaired) electrons. The van der Waals surface area contributed by atoms with E-state index in [0.717, 1.165) is 35.7 Å². The Labute approximate surface area is 195 Å². The zero-order chi connectivity index (χ0) is 23.2. The summed E-state index contributed by atoms with van der Waals surface area (Å²) in [6, 6.07) is 15.0. The number of nitrogens with zero attached hydrogens (tertiary/aromatic N) is 3. The van der Waals surface area contributed by atoms with Crippen LogP contribution in [0.15, 0.2) is 54.7 Å². The van der Waals surface area contributed by atoms with Crippen LogP contribution >= 0.6 is 0 Å². The first kappa shape index (κ1) is 22.7. The summed E-state index contributed by atoms with van der Waals surface area (Å²) < 4.78 is 19.6. The number of nitrogens with one attached hydrogen (secondary N) is 3. The summed E-state index contributed by atoms with van der Waals surface area (Å²) in [4.78, 5) is 23.6. The molecule has 0 aliphatic carbocycles. The smallest absolute Gasteiger partial charge is 0.253 e. The van der Waals surface area contributed by atoms with E-state index in [-0.39, 0.29) is 5.91 Å². The molecule has 172 valence electrons. The van der Waals surface area contributed by atoms with Gasteiger partial charge in [-0.3, -0.25) is 4.79 Å². The van der Waals surface area contributed by atoms with E-state index in [1.165, 1.54) is 0 Å². The molecule has 0 spiro atoms. The van der Waals surface area contributed by atoms with Gasteiger partial charge in [0.05, 0.1) is 24.5 Å². The van der Waals surface area contributed by atoms with Crippen LogP contribution in [0.4, 0.5) is 23.0 Å². The Morgan fingerprint density at radius 3 is 2.48 bits per heavy atom. The molecule has 1 unspecified atom stereocenters. The molecule has 33 heavy (non-hydrogen) atoms. The van der Waals surface area contributed by atoms with Crippen molar-refractivity contribution >= 4 is 39.9 Å². The van der Waals surface area contributed by atoms with Crippen LogP contribution < -0.4 is 20.3 Å². The van der Waals surface area contributed by atoms with E-state index in [2.05, 4.69) is 30.2 Å². The number of rotatable bonds is 7. The topological polar surface area (TPSA) is 108 Å². The number of anilines is 4. The molecule has 1 atom stereocenters. The Morgan fingerprint density at radius 2 is 1.79 bits per heavy atom. The zero-order valence-corrected chi connectivity index (χ0v) is 19.3. The molecule has 1 fully saturated rings. The highest BCUT2D eigenvalue weighted by atomic mass is 32.2. The van der Waals surface area contributed by atoms with E-state index in [0.29, 0.717) is 30.4 Å². The van der Waals surface area contributed by atoms with Crippen molar-refractivity contribution in [2.75, 3.05) is 54.5 Å². The van der Waals surface area contributed by atoms with Crippen LogP contribution in [-0.2, 0) is 15.7 Å². The molecule has 3 aromatic rings. The molecular formula is C23H26N6O3S. The largest absolute Gasteiger partial charge is 0.378 e. The van der Waals surface area contributed by atoms with Gasteiger partial charge in [0.15, 0.2) is 0 Å². The van der Waals surface area contributed by atoms with Crippen molar-refractivity contribution in [3.8, 4) is 11.3 Å². The first-order valence-corrected chi connectivity index (χ1v) is 12.1. The Morgan fingerprint density at radius 1 is 1.06 bits per heavy atom. The van der Waals surface area contributed by atoms with Crippen molar-refractivity contribution in [1.82, 2.24) is 15.3 Å². The lowest BCUT2D eigenvalue weighted by molar-refractivity contribution is 0.0961. The second kappa shape index (κ2) is 10.4. The molecule has 0 saturated carbocycles. The van der Waals surface area contributed by atoms with Crippen LogP contribution in [0, 0.1) is 0 Å². The van der Waals surface area contributed by atoms with Gasteiger partial charge >= 0.3 is 0 Å². The summed E-state index contributed by atoms with van der Waals surface area (Å²) >= 11 is 0. The number of ether oxygens (including phenoxy) is 1. The molecular weight excluding hydrogens is 440 g/mol. The molecule has 0 bridgehead atoms. The first-order valence-electron chi connectivity index (χ1n) is 10.5. The summed E-state index contributed by atoms with van der Waals surface area (Å²) in [6.07, 6.45) is 3.26. The molecule has 1 aromatic heterocycles. The number of amides is 1. The lowest BCUT2D eigenvalue weighted by Crippen LogP contribution is -2.37. The summed E-state index contributed by atoms with van der Waals surface area (Å²) in [7, 11) is 0.495. The molecule has 1 aliphatic rings. The normalized spacial score (nSPS) is 14.4. The molecule has 1 aliphatic heterocycles. The van der Waals surface area contributed by atoms with Gasteiger partial charge in [-0.25, -0.2) is 14.2 Å². The quantitative estimate of drug-likeness (QED) is 0.491. The number of aromatic nitrogens is 2. The minimum Gasteiger partial charge on any atom is -0.378 e. The van der Waals surface area contributed by atoms with Crippen LogP contribution in [0.2, 0.25) is 0 Å². The van der Waals surface area contributed by atoms with E-state index in [9.17, 15) is 9.00 Å². The van der Waals surface area contributed by atoms with Gasteiger partial charge in [-0.2, -0.15) is 0 Å². The van der Waals surface area contributed by atoms with Crippen LogP contribution in [-0.4, -0.2) is 59.7 Å². The number of hydrogen-bond acceptors (Lipinski definition) is 7. The fourth-order valence-corrected chi connectivity index (χ4v) is 4.06. The molecule has 4 rings (SSSR count). The third kappa shape index (κ3) is 5.65. The van der Waals surface area contributed by atoms with Crippen molar-refractivity contribution in [3.63, 3.8) is 0 Å². The van der Waals surface area contributed by atoms with Gasteiger partial charge in [0.25, 0.3) is 5.91 Å². The second-order valence-electron chi connectivity index (χ2n) is 7.43. The Balaban J connectivity index is 1.56. The summed E-state index contributed by atoms with van der Waals surface area (Å²) in [5, 5.41) is 5.92. The minimum atomic E-state index is -1.13. The Bertz CT molecular complexity index is 1150. The predicted octanol–water partition coefficient (Wildman–Crippen LogP) is 2.79. The van der Waals surface area contributed by atoms with E-state index in [4.69, 9.17) is 4.74 Å². The van der Waals surface area contributed by atoms with Gasteiger partial charge in [-0.05, 0) is 36.4 Å². The third-order valence-corrected chi connectivity index (χ3v) is 5.70. The van der Waals surface area contributed by atoms with Gasteiger partial charge in [0.2, 0.25) is 5.95 Å². The van der Waals surface area contributed by atoms with E-state index < -0.39 is 11.0 Å². The third-order valence-electron chi connectivity index (χ3n) is 5.17. The number of hydrogen-bond donors (Lipinski definition) is 3. The summed E-state index contributed by atoms with van der Waals surface area (Å²) in [6.45, 7) is 2.76. The van der Waals surface area contributed by atoms with Gasteiger partial charge in [-0.15, -0.1) is 0 Å². The van der Waals surface area contributed by atoms with Crippen LogP contribution in [0.25, 0.3) is 11.3 Å². The van der Waals surface area contributed by atoms with Crippen LogP contribution in [0.5, 0.6) is 0 Å². The lowest BCUT2D eigenvalue weighted by Gasteiger charge is -2.30. The van der Waals surface area contributed by atoms with E-state index in [1.807, 2.05) is 48.5 Å². The van der Waals surface area contributed by atoms with Gasteiger partial charge in [0, 0.05) is 55.2 Å². The monoisotopic (exact) mass is 466 g/mol. The van der Waals surface area contributed by atoms with Gasteiger partial charge in [-0.1, -0.05) is 12.1 Å². The van der Waals surface area contributed by atoms with Crippen molar-refractivity contribution in [2.45, 2.75) is 0 Å². The van der Waals surface area contributed by atoms with Crippen molar-refractivity contribution in [2.24, 2.45) is 0 Å². The van der Waals surface area contributed by atoms with Crippen LogP contribution in [0.1, 0.15) is 10.4 Å². The molecule has 1 saturated heterocycles. The van der Waals surface area contributed by atoms with Crippen LogP contribution in [0.3, 0.4) is 0 Å². The highest BCUT2D eigenvalue weighted by molar-refractivity contribution is 7.85. The average molecular weight is 467 g/mol. The number of carbonyl (C=O) groups excluding carboxylic acids is 1. The maximum absolute atomic E-state index is 12.6. The Hall–Kier alpha value is -3.50. The maximum Gasteiger partial charge on any atom is 0.253 e. The van der Waals surface area contributed by atoms with Crippen molar-refractivity contribution in [1.29, 1.82) is 0 Å². The average Bonchev–Trinajstić information content (AvgIpc) is 2.84. The summed E-state index contributed by atoms with van der Waals surface area (Å²) in [5.74, 6) is 0.267. The zero-order valence-electron chi connectivity index (χ0n) is 18.5. The molecule has 2 heterocycles. The molecule has 1 amide bonds. The predicted molar refractivity (Wildman–Crippen MR) is 131 cm³/mol. The highest BCUT2D eigenvalue weighted by Crippen LogP contribution is 2.27. The lowest BCUT2D eigenvalue weighted by atomic mass is 10.1. The first-order chi connectivity index (χ1) is 16.0. The van der Waals surface area contributed by atoms with Crippen molar-refractivity contribution in [3.05, 3.63) is 60.3 Å². The SMILES string of the molecule is CNC(=O)c1cc(Nc2nccc(-c3ccc(NS(C)=O)cc3)n2)ccc1N1CCOCC1. The number of morpholine rings is 1. The second-order valence-corrected chi connectivity index (χ2v) is 8.55. The Kier molecular flexibility index (Phi) is 7.16. The standard InChI is InChI=1S/C23H26N6O3S/c1-24-22(30)19-15-18(7-8-21(19)29-11-13-32-14-12-29)26-23-25-10-9-20(27-23)16-3-5-17(6-4-16)28-33(2)31/h3-10,15,28H,11-14H2,1-2H3,(H,24,30)(H,25,26,27). The summed E-state index contributed by atoms with van der Waals surface area (Å²) in [5.41, 5.74) is 4.59. The fourth-order valence-electron chi connectivity index (χ4n) is 3.59. The number of benzene rings is 2. The van der Waals surface area contributed by atoms with Gasteiger partial charge in [0.1, 0.15) is 11.0 Å².